The van der Waals surface area contributed by atoms with Gasteiger partial charge in [-0.25, -0.2) is 17.6 Å². The van der Waals surface area contributed by atoms with Crippen LogP contribution in [-0.4, -0.2) is 44.0 Å². The predicted molar refractivity (Wildman–Crippen MR) is 102 cm³/mol. The summed E-state index contributed by atoms with van der Waals surface area (Å²) in [6, 6.07) is 5.06. The summed E-state index contributed by atoms with van der Waals surface area (Å²) in [6.07, 6.45) is 0.202. The van der Waals surface area contributed by atoms with Crippen LogP contribution in [0.15, 0.2) is 24.3 Å². The van der Waals surface area contributed by atoms with Crippen molar-refractivity contribution in [1.29, 1.82) is 0 Å². The summed E-state index contributed by atoms with van der Waals surface area (Å²) in [5, 5.41) is 0. The molecule has 0 unspecified atom stereocenters. The second-order valence-corrected chi connectivity index (χ2v) is 10.1. The molecule has 2 rings (SSSR count). The number of amides is 2. The van der Waals surface area contributed by atoms with Gasteiger partial charge in [-0.3, -0.25) is 9.52 Å². The molecule has 0 saturated carbocycles. The molecule has 7 nitrogen and oxygen atoms in total. The molecular weight excluding hydrogens is 387 g/mol. The molecule has 1 aliphatic rings. The van der Waals surface area contributed by atoms with Gasteiger partial charge in [-0.15, -0.1) is 0 Å². The topological polar surface area (TPSA) is 92.8 Å². The van der Waals surface area contributed by atoms with Gasteiger partial charge in [-0.1, -0.05) is 19.1 Å². The summed E-state index contributed by atoms with van der Waals surface area (Å²) in [7, 11) is -3.92. The minimum Gasteiger partial charge on any atom is -0.444 e. The normalized spacial score (nSPS) is 17.1. The zero-order valence-corrected chi connectivity index (χ0v) is 17.4. The Labute approximate surface area is 165 Å². The van der Waals surface area contributed by atoms with Gasteiger partial charge < -0.3 is 9.64 Å². The minimum absolute atomic E-state index is 0.302. The molecule has 1 aromatic rings. The summed E-state index contributed by atoms with van der Waals surface area (Å²) in [5.41, 5.74) is -1.13. The molecule has 0 aliphatic carbocycles. The van der Waals surface area contributed by atoms with Gasteiger partial charge in [0.2, 0.25) is 15.9 Å². The number of hydrogen-bond donors (Lipinski definition) is 1. The standard InChI is InChI=1S/C19H27FN2O5S/c1-18(2,3)27-17(24)22-11-9-19(4,10-12-22)16(23)21-28(25,26)13-14-5-7-15(20)8-6-14/h5-8H,9-13H2,1-4H3,(H,21,23). The fourth-order valence-corrected chi connectivity index (χ4v) is 4.07. The van der Waals surface area contributed by atoms with Crippen molar-refractivity contribution in [2.45, 2.75) is 51.9 Å². The van der Waals surface area contributed by atoms with Crippen molar-refractivity contribution in [1.82, 2.24) is 9.62 Å². The molecule has 1 saturated heterocycles. The lowest BCUT2D eigenvalue weighted by atomic mass is 9.80. The molecule has 1 heterocycles. The molecule has 1 aromatic carbocycles. The molecule has 0 bridgehead atoms. The van der Waals surface area contributed by atoms with E-state index in [0.29, 0.717) is 31.5 Å². The lowest BCUT2D eigenvalue weighted by Gasteiger charge is -2.38. The maximum atomic E-state index is 12.9. The number of piperidine rings is 1. The zero-order valence-electron chi connectivity index (χ0n) is 16.6. The monoisotopic (exact) mass is 414 g/mol. The van der Waals surface area contributed by atoms with Gasteiger partial charge >= 0.3 is 6.09 Å². The maximum absolute atomic E-state index is 12.9. The first-order valence-corrected chi connectivity index (χ1v) is 10.7. The highest BCUT2D eigenvalue weighted by Crippen LogP contribution is 2.32. The fourth-order valence-electron chi connectivity index (χ4n) is 2.84. The van der Waals surface area contributed by atoms with Crippen molar-refractivity contribution in [2.24, 2.45) is 5.41 Å². The van der Waals surface area contributed by atoms with Crippen molar-refractivity contribution >= 4 is 22.0 Å². The van der Waals surface area contributed by atoms with Gasteiger partial charge in [0.1, 0.15) is 11.4 Å². The summed E-state index contributed by atoms with van der Waals surface area (Å²) < 4.78 is 45.0. The average molecular weight is 414 g/mol. The molecule has 0 radical (unpaired) electrons. The fraction of sp³-hybridized carbons (Fsp3) is 0.579. The van der Waals surface area contributed by atoms with E-state index in [1.54, 1.807) is 27.7 Å². The number of nitrogens with zero attached hydrogens (tertiary/aromatic N) is 1. The Bertz CT molecular complexity index is 823. The summed E-state index contributed by atoms with van der Waals surface area (Å²) >= 11 is 0. The van der Waals surface area contributed by atoms with Crippen LogP contribution in [0.5, 0.6) is 0 Å². The van der Waals surface area contributed by atoms with Crippen molar-refractivity contribution in [3.05, 3.63) is 35.6 Å². The largest absolute Gasteiger partial charge is 0.444 e. The molecule has 1 aliphatic heterocycles. The number of nitrogens with one attached hydrogen (secondary N) is 1. The quantitative estimate of drug-likeness (QED) is 0.818. The number of halogens is 1. The second-order valence-electron chi connectivity index (χ2n) is 8.34. The molecule has 156 valence electrons. The van der Waals surface area contributed by atoms with Gasteiger partial charge in [0.05, 0.1) is 11.2 Å². The van der Waals surface area contributed by atoms with Gasteiger partial charge in [0.25, 0.3) is 0 Å². The smallest absolute Gasteiger partial charge is 0.410 e. The summed E-state index contributed by atoms with van der Waals surface area (Å²) in [5.74, 6) is -1.48. The number of sulfonamides is 1. The summed E-state index contributed by atoms with van der Waals surface area (Å²) in [6.45, 7) is 7.62. The highest BCUT2D eigenvalue weighted by Gasteiger charge is 2.40. The number of carbonyl (C=O) groups is 2. The number of carbonyl (C=O) groups excluding carboxylic acids is 2. The molecule has 0 aromatic heterocycles. The lowest BCUT2D eigenvalue weighted by molar-refractivity contribution is -0.130. The maximum Gasteiger partial charge on any atom is 0.410 e. The molecule has 1 fully saturated rings. The van der Waals surface area contributed by atoms with Crippen LogP contribution in [0.4, 0.5) is 9.18 Å². The van der Waals surface area contributed by atoms with E-state index in [1.807, 2.05) is 0 Å². The predicted octanol–water partition coefficient (Wildman–Crippen LogP) is 2.81. The van der Waals surface area contributed by atoms with Crippen molar-refractivity contribution in [3.8, 4) is 0 Å². The Kier molecular flexibility index (Phi) is 6.37. The highest BCUT2D eigenvalue weighted by molar-refractivity contribution is 7.89. The van der Waals surface area contributed by atoms with Gasteiger partial charge in [-0.05, 0) is 51.3 Å². The molecule has 9 heteroatoms. The van der Waals surface area contributed by atoms with E-state index >= 15 is 0 Å². The molecule has 0 atom stereocenters. The van der Waals surface area contributed by atoms with Crippen LogP contribution in [0.1, 0.15) is 46.1 Å². The number of ether oxygens (including phenoxy) is 1. The third-order valence-corrected chi connectivity index (χ3v) is 5.79. The van der Waals surface area contributed by atoms with Gasteiger partial charge in [-0.2, -0.15) is 0 Å². The number of rotatable bonds is 4. The first-order chi connectivity index (χ1) is 12.8. The Morgan fingerprint density at radius 2 is 1.71 bits per heavy atom. The molecule has 0 spiro atoms. The molecule has 1 N–H and O–H groups in total. The molecule has 2 amide bonds. The lowest BCUT2D eigenvalue weighted by Crippen LogP contribution is -2.50. The van der Waals surface area contributed by atoms with E-state index in [1.165, 1.54) is 29.2 Å². The Balaban J connectivity index is 1.95. The van der Waals surface area contributed by atoms with Crippen molar-refractivity contribution in [2.75, 3.05) is 13.1 Å². The third kappa shape index (κ3) is 6.19. The number of hydrogen-bond acceptors (Lipinski definition) is 5. The van der Waals surface area contributed by atoms with E-state index in [2.05, 4.69) is 4.72 Å². The Morgan fingerprint density at radius 3 is 2.21 bits per heavy atom. The zero-order chi connectivity index (χ0) is 21.2. The van der Waals surface area contributed by atoms with Gasteiger partial charge in [0.15, 0.2) is 0 Å². The minimum atomic E-state index is -3.92. The van der Waals surface area contributed by atoms with E-state index in [9.17, 15) is 22.4 Å². The molecular formula is C19H27FN2O5S. The SMILES string of the molecule is CC(C)(C)OC(=O)N1CCC(C)(C(=O)NS(=O)(=O)Cc2ccc(F)cc2)CC1. The van der Waals surface area contributed by atoms with E-state index < -0.39 is 44.6 Å². The Morgan fingerprint density at radius 1 is 1.18 bits per heavy atom. The van der Waals surface area contributed by atoms with Crippen LogP contribution >= 0.6 is 0 Å². The first-order valence-electron chi connectivity index (χ1n) is 9.07. The third-order valence-electron chi connectivity index (χ3n) is 4.59. The second kappa shape index (κ2) is 8.06. The number of likely N-dealkylation sites (tertiary alicyclic amines) is 1. The van der Waals surface area contributed by atoms with E-state index in [-0.39, 0.29) is 0 Å². The van der Waals surface area contributed by atoms with E-state index in [0.717, 1.165) is 0 Å². The van der Waals surface area contributed by atoms with Crippen LogP contribution in [0.2, 0.25) is 0 Å². The first kappa shape index (κ1) is 22.1. The highest BCUT2D eigenvalue weighted by atomic mass is 32.2. The van der Waals surface area contributed by atoms with Crippen LogP contribution in [0.25, 0.3) is 0 Å². The van der Waals surface area contributed by atoms with Crippen LogP contribution in [0.3, 0.4) is 0 Å². The van der Waals surface area contributed by atoms with E-state index in [4.69, 9.17) is 4.74 Å². The van der Waals surface area contributed by atoms with Gasteiger partial charge in [0, 0.05) is 13.1 Å². The van der Waals surface area contributed by atoms with Crippen LogP contribution in [0, 0.1) is 11.2 Å². The van der Waals surface area contributed by atoms with Crippen molar-refractivity contribution in [3.63, 3.8) is 0 Å². The number of benzene rings is 1. The average Bonchev–Trinajstić information content (AvgIpc) is 2.55. The van der Waals surface area contributed by atoms with Crippen LogP contribution in [-0.2, 0) is 25.3 Å². The van der Waals surface area contributed by atoms with Crippen molar-refractivity contribution < 1.29 is 27.1 Å². The molecule has 28 heavy (non-hydrogen) atoms. The Hall–Kier alpha value is -2.16. The van der Waals surface area contributed by atoms with Crippen LogP contribution < -0.4 is 4.72 Å². The summed E-state index contributed by atoms with van der Waals surface area (Å²) in [4.78, 5) is 26.3.